The standard InChI is InChI=1S/C14H16N2O4S/c1-2-21(19,20)9-8-15-13-7-6-10-11(14(17)18)4-3-5-12(10)16-13/h3-7H,2,8-9H2,1H3,(H,15,16)(H,17,18). The number of anilines is 1. The maximum Gasteiger partial charge on any atom is 0.336 e. The summed E-state index contributed by atoms with van der Waals surface area (Å²) in [6, 6.07) is 8.18. The van der Waals surface area contributed by atoms with Crippen LogP contribution in [0.3, 0.4) is 0 Å². The van der Waals surface area contributed by atoms with Gasteiger partial charge in [0.2, 0.25) is 0 Å². The third-order valence-electron chi connectivity index (χ3n) is 3.12. The Hall–Kier alpha value is -2.15. The first-order chi connectivity index (χ1) is 9.93. The highest BCUT2D eigenvalue weighted by molar-refractivity contribution is 7.91. The minimum atomic E-state index is -3.02. The number of benzene rings is 1. The summed E-state index contributed by atoms with van der Waals surface area (Å²) in [4.78, 5) is 15.4. The lowest BCUT2D eigenvalue weighted by molar-refractivity contribution is 0.0699. The summed E-state index contributed by atoms with van der Waals surface area (Å²) in [6.07, 6.45) is 0. The summed E-state index contributed by atoms with van der Waals surface area (Å²) in [6.45, 7) is 1.88. The van der Waals surface area contributed by atoms with Gasteiger partial charge in [0.05, 0.1) is 16.8 Å². The molecule has 6 nitrogen and oxygen atoms in total. The third kappa shape index (κ3) is 3.69. The van der Waals surface area contributed by atoms with Gasteiger partial charge in [-0.1, -0.05) is 13.0 Å². The van der Waals surface area contributed by atoms with Crippen LogP contribution in [-0.2, 0) is 9.84 Å². The Labute approximate surface area is 122 Å². The first-order valence-electron chi connectivity index (χ1n) is 6.50. The van der Waals surface area contributed by atoms with E-state index in [0.29, 0.717) is 16.7 Å². The van der Waals surface area contributed by atoms with Gasteiger partial charge in [-0.15, -0.1) is 0 Å². The second-order valence-corrected chi connectivity index (χ2v) is 7.01. The van der Waals surface area contributed by atoms with E-state index in [-0.39, 0.29) is 23.6 Å². The van der Waals surface area contributed by atoms with E-state index < -0.39 is 15.8 Å². The van der Waals surface area contributed by atoms with Crippen molar-refractivity contribution in [2.45, 2.75) is 6.92 Å². The monoisotopic (exact) mass is 308 g/mol. The maximum absolute atomic E-state index is 11.4. The van der Waals surface area contributed by atoms with Crippen LogP contribution in [0.25, 0.3) is 10.9 Å². The van der Waals surface area contributed by atoms with Crippen molar-refractivity contribution in [3.63, 3.8) is 0 Å². The molecule has 0 fully saturated rings. The third-order valence-corrected chi connectivity index (χ3v) is 4.83. The summed E-state index contributed by atoms with van der Waals surface area (Å²) in [7, 11) is -3.02. The molecule has 112 valence electrons. The molecule has 7 heteroatoms. The fraction of sp³-hybridized carbons (Fsp3) is 0.286. The predicted octanol–water partition coefficient (Wildman–Crippen LogP) is 1.78. The number of aromatic nitrogens is 1. The molecule has 1 heterocycles. The van der Waals surface area contributed by atoms with E-state index in [1.54, 1.807) is 31.2 Å². The second kappa shape index (κ2) is 6.09. The topological polar surface area (TPSA) is 96.4 Å². The molecule has 0 bridgehead atoms. The van der Waals surface area contributed by atoms with Crippen LogP contribution in [0.15, 0.2) is 30.3 Å². The normalized spacial score (nSPS) is 11.5. The van der Waals surface area contributed by atoms with Crippen molar-refractivity contribution in [1.29, 1.82) is 0 Å². The van der Waals surface area contributed by atoms with Gasteiger partial charge >= 0.3 is 5.97 Å². The van der Waals surface area contributed by atoms with Crippen molar-refractivity contribution in [3.8, 4) is 0 Å². The molecule has 0 radical (unpaired) electrons. The number of aromatic carboxylic acids is 1. The molecule has 0 atom stereocenters. The van der Waals surface area contributed by atoms with Gasteiger partial charge < -0.3 is 10.4 Å². The zero-order chi connectivity index (χ0) is 15.5. The molecular formula is C14H16N2O4S. The first-order valence-corrected chi connectivity index (χ1v) is 8.32. The zero-order valence-corrected chi connectivity index (χ0v) is 12.4. The Morgan fingerprint density at radius 2 is 2.05 bits per heavy atom. The fourth-order valence-corrected chi connectivity index (χ4v) is 2.62. The Morgan fingerprint density at radius 1 is 1.29 bits per heavy atom. The number of carbonyl (C=O) groups is 1. The molecule has 0 spiro atoms. The molecule has 1 aromatic heterocycles. The second-order valence-electron chi connectivity index (χ2n) is 4.54. The summed E-state index contributed by atoms with van der Waals surface area (Å²) < 4.78 is 22.8. The number of sulfone groups is 1. The Bertz CT molecular complexity index is 772. The number of hydrogen-bond acceptors (Lipinski definition) is 5. The molecule has 2 N–H and O–H groups in total. The largest absolute Gasteiger partial charge is 0.478 e. The van der Waals surface area contributed by atoms with Gasteiger partial charge in [0.1, 0.15) is 5.82 Å². The lowest BCUT2D eigenvalue weighted by Crippen LogP contribution is -2.17. The lowest BCUT2D eigenvalue weighted by atomic mass is 10.1. The van der Waals surface area contributed by atoms with Crippen molar-refractivity contribution < 1.29 is 18.3 Å². The maximum atomic E-state index is 11.4. The van der Waals surface area contributed by atoms with Crippen LogP contribution in [-0.4, -0.2) is 42.5 Å². The van der Waals surface area contributed by atoms with Gasteiger partial charge in [-0.05, 0) is 24.3 Å². The Balaban J connectivity index is 2.19. The Morgan fingerprint density at radius 3 is 2.71 bits per heavy atom. The van der Waals surface area contributed by atoms with E-state index in [9.17, 15) is 13.2 Å². The van der Waals surface area contributed by atoms with Crippen LogP contribution >= 0.6 is 0 Å². The molecular weight excluding hydrogens is 292 g/mol. The number of pyridine rings is 1. The van der Waals surface area contributed by atoms with E-state index in [1.807, 2.05) is 0 Å². The van der Waals surface area contributed by atoms with Crippen LogP contribution < -0.4 is 5.32 Å². The lowest BCUT2D eigenvalue weighted by Gasteiger charge is -2.08. The highest BCUT2D eigenvalue weighted by Crippen LogP contribution is 2.19. The summed E-state index contributed by atoms with van der Waals surface area (Å²) in [5.41, 5.74) is 0.748. The van der Waals surface area contributed by atoms with Crippen LogP contribution in [0.1, 0.15) is 17.3 Å². The van der Waals surface area contributed by atoms with Crippen molar-refractivity contribution in [2.75, 3.05) is 23.4 Å². The van der Waals surface area contributed by atoms with Gasteiger partial charge in [0.25, 0.3) is 0 Å². The van der Waals surface area contributed by atoms with Crippen molar-refractivity contribution >= 4 is 32.5 Å². The van der Waals surface area contributed by atoms with Crippen molar-refractivity contribution in [3.05, 3.63) is 35.9 Å². The predicted molar refractivity (Wildman–Crippen MR) is 81.5 cm³/mol. The van der Waals surface area contributed by atoms with Crippen LogP contribution in [0, 0.1) is 0 Å². The van der Waals surface area contributed by atoms with E-state index >= 15 is 0 Å². The number of carboxylic acid groups (broad SMARTS) is 1. The highest BCUT2D eigenvalue weighted by atomic mass is 32.2. The number of fused-ring (bicyclic) bond motifs is 1. The average molecular weight is 308 g/mol. The zero-order valence-electron chi connectivity index (χ0n) is 11.5. The number of nitrogens with one attached hydrogen (secondary N) is 1. The molecule has 0 aliphatic rings. The molecule has 0 aliphatic heterocycles. The molecule has 0 aliphatic carbocycles. The highest BCUT2D eigenvalue weighted by Gasteiger charge is 2.10. The minimum absolute atomic E-state index is 0.0401. The number of carboxylic acids is 1. The first kappa shape index (κ1) is 15.2. The smallest absolute Gasteiger partial charge is 0.336 e. The van der Waals surface area contributed by atoms with Crippen LogP contribution in [0.5, 0.6) is 0 Å². The number of nitrogens with zero attached hydrogens (tertiary/aromatic N) is 1. The molecule has 0 unspecified atom stereocenters. The summed E-state index contributed by atoms with van der Waals surface area (Å²) in [5.74, 6) is -0.325. The van der Waals surface area contributed by atoms with Crippen LogP contribution in [0.2, 0.25) is 0 Å². The van der Waals surface area contributed by atoms with Gasteiger partial charge in [-0.25, -0.2) is 18.2 Å². The Kier molecular flexibility index (Phi) is 4.42. The summed E-state index contributed by atoms with van der Waals surface area (Å²) >= 11 is 0. The average Bonchev–Trinajstić information content (AvgIpc) is 2.46. The van der Waals surface area contributed by atoms with E-state index in [0.717, 1.165) is 0 Å². The van der Waals surface area contributed by atoms with Crippen molar-refractivity contribution in [1.82, 2.24) is 4.98 Å². The van der Waals surface area contributed by atoms with E-state index in [2.05, 4.69) is 10.3 Å². The van der Waals surface area contributed by atoms with Crippen LogP contribution in [0.4, 0.5) is 5.82 Å². The summed E-state index contributed by atoms with van der Waals surface area (Å²) in [5, 5.41) is 12.6. The fourth-order valence-electron chi connectivity index (χ4n) is 1.92. The number of rotatable bonds is 6. The SMILES string of the molecule is CCS(=O)(=O)CCNc1ccc2c(C(=O)O)cccc2n1. The van der Waals surface area contributed by atoms with Crippen molar-refractivity contribution in [2.24, 2.45) is 0 Å². The molecule has 1 aromatic carbocycles. The number of hydrogen-bond donors (Lipinski definition) is 2. The van der Waals surface area contributed by atoms with E-state index in [4.69, 9.17) is 5.11 Å². The van der Waals surface area contributed by atoms with Gasteiger partial charge in [-0.2, -0.15) is 0 Å². The quantitative estimate of drug-likeness (QED) is 0.844. The van der Waals surface area contributed by atoms with Gasteiger partial charge in [0, 0.05) is 17.7 Å². The molecule has 21 heavy (non-hydrogen) atoms. The molecule has 2 rings (SSSR count). The van der Waals surface area contributed by atoms with E-state index in [1.165, 1.54) is 6.07 Å². The van der Waals surface area contributed by atoms with Gasteiger partial charge in [-0.3, -0.25) is 0 Å². The molecule has 2 aromatic rings. The minimum Gasteiger partial charge on any atom is -0.478 e. The molecule has 0 amide bonds. The molecule has 0 saturated heterocycles. The van der Waals surface area contributed by atoms with Gasteiger partial charge in [0.15, 0.2) is 9.84 Å². The molecule has 0 saturated carbocycles.